The van der Waals surface area contributed by atoms with Crippen LogP contribution >= 0.6 is 11.8 Å². The quantitative estimate of drug-likeness (QED) is 0.0141. The number of aromatic hydroxyl groups is 1. The summed E-state index contributed by atoms with van der Waals surface area (Å²) in [6, 6.07) is -2.65. The molecule has 17 amide bonds. The minimum Gasteiger partial charge on any atom is -0.508 e. The summed E-state index contributed by atoms with van der Waals surface area (Å²) in [5.74, 6) is -19.8. The Kier molecular flexibility index (Phi) is 40.5. The van der Waals surface area contributed by atoms with Gasteiger partial charge in [0, 0.05) is 119 Å². The number of primary amides is 2. The second-order valence-corrected chi connectivity index (χ2v) is 35.7. The van der Waals surface area contributed by atoms with Gasteiger partial charge < -0.3 is 131 Å². The average Bonchev–Trinajstić information content (AvgIpc) is 1.71. The van der Waals surface area contributed by atoms with E-state index in [4.69, 9.17) is 28.3 Å². The van der Waals surface area contributed by atoms with E-state index in [1.807, 2.05) is 13.8 Å². The maximum atomic E-state index is 15.9. The number of fused-ring (bicyclic) bond motifs is 4. The molecule has 3 aliphatic rings. The van der Waals surface area contributed by atoms with E-state index in [2.05, 4.69) is 68.5 Å². The van der Waals surface area contributed by atoms with Gasteiger partial charge in [-0.2, -0.15) is 0 Å². The largest absolute Gasteiger partial charge is 0.508 e. The van der Waals surface area contributed by atoms with Crippen LogP contribution in [0.1, 0.15) is 148 Å². The van der Waals surface area contributed by atoms with Crippen LogP contribution in [-0.4, -0.2) is 318 Å². The van der Waals surface area contributed by atoms with Gasteiger partial charge in [0.2, 0.25) is 100 Å². The highest BCUT2D eigenvalue weighted by atomic mass is 32.2. The van der Waals surface area contributed by atoms with Crippen LogP contribution in [0.5, 0.6) is 5.75 Å². The van der Waals surface area contributed by atoms with Gasteiger partial charge in [-0.25, -0.2) is 0 Å². The minimum atomic E-state index is -1.82. The number of nitrogens with one attached hydrogen (secondary N) is 14. The first-order valence-corrected chi connectivity index (χ1v) is 46.4. The third-order valence-electron chi connectivity index (χ3n) is 24.0. The molecule has 3 saturated heterocycles. The highest BCUT2D eigenvalue weighted by molar-refractivity contribution is 8.00. The molecule has 3 aromatic carbocycles. The van der Waals surface area contributed by atoms with Gasteiger partial charge in [-0.3, -0.25) is 91.7 Å². The van der Waals surface area contributed by atoms with E-state index in [-0.39, 0.29) is 89.0 Å². The Labute approximate surface area is 784 Å². The smallest absolute Gasteiger partial charge is 0.303 e. The standard InChI is InChI=1S/C90H129N23O21S/c1-9-11-24-68-82(127)102-59(23-17-33-96-90(94)95)78(123)108-67(77(122)99-44-73(93)117)46-135-47-74(118)100-63(36-50-27-29-53(114)30-28-50)85(130)109(6)49(5)76(121)104-65(40-72(92)116)87(132)112-34-18-26-69(112)83(128)107-66(41-91)81(126)105-62(35-48(3)4)88(133)113-45-54(115)39-71(113)84(129)103-61(37-51-42-97-57-21-15-13-19-55(51)57)80(125)101-60(31-32-75(119)120)79(124)106-64(38-52-43-98-58-22-16-14-20-56(52)58)86(131)111(8)70(25-12-10-2)89(134)110(68)7/h13-16,19-22,27-30,42-43,48-49,54,59-71,97-98,114-115H,9-12,17-18,23-26,31-41,44-47,91H2,1-8H3,(H2,92,116)(H2,93,117)(H,99,122)(H,100,118)(H,101,125)(H,102,127)(H,103,129)(H,104,121)(H,105,126)(H,106,124)(H,107,128)(H,108,123)(H,119,120)(H4,94,95,96)/t49-,54+,59-,60-,61-,62-,63-,64-,65-,66-,67-,68-,69-,70-,71-/m0/s1. The molecule has 25 N–H and O–H groups in total. The summed E-state index contributed by atoms with van der Waals surface area (Å²) in [7, 11) is 3.86. The van der Waals surface area contributed by atoms with Crippen molar-refractivity contribution in [3.63, 3.8) is 0 Å². The lowest BCUT2D eigenvalue weighted by Gasteiger charge is -2.36. The number of para-hydroxylation sites is 2. The average molecular weight is 1900 g/mol. The zero-order valence-corrected chi connectivity index (χ0v) is 78.0. The van der Waals surface area contributed by atoms with Crippen LogP contribution in [0.15, 0.2) is 85.2 Å². The molecule has 3 aliphatic heterocycles. The lowest BCUT2D eigenvalue weighted by Crippen LogP contribution is -2.61. The second kappa shape index (κ2) is 51.1. The normalized spacial score (nSPS) is 24.7. The fraction of sp³-hybridized carbons (Fsp3) is 0.544. The zero-order chi connectivity index (χ0) is 99.2. The number of likely N-dealkylation sites (N-methyl/N-ethyl adjacent to an activating group) is 3. The number of aromatic nitrogens is 2. The number of aliphatic hydroxyl groups is 1. The molecule has 0 unspecified atom stereocenters. The third-order valence-corrected chi connectivity index (χ3v) is 25.1. The first-order chi connectivity index (χ1) is 64.1. The molecule has 0 radical (unpaired) electrons. The van der Waals surface area contributed by atoms with Crippen molar-refractivity contribution in [1.82, 2.24) is 93.0 Å². The van der Waals surface area contributed by atoms with Gasteiger partial charge in [-0.1, -0.05) is 102 Å². The van der Waals surface area contributed by atoms with E-state index in [0.717, 1.165) is 36.3 Å². The molecule has 0 saturated carbocycles. The van der Waals surface area contributed by atoms with Gasteiger partial charge >= 0.3 is 5.97 Å². The SMILES string of the molecule is CCCC[C@H]1C(=O)N(C)[C@@H](CCCC)C(=O)N[C@@H](CCCNC(=N)N)C(=O)N[C@H](C(=O)NCC(N)=O)CSCC(=O)N[C@@H](Cc2ccc(O)cc2)C(=O)N(C)[C@@H](C)C(=O)N[C@@H](CC(N)=O)C(=O)N2CCC[C@H]2C(=O)N[C@@H](CN)C(=O)N[C@@H](CC(C)C)C(=O)N2C[C@H](O)C[C@H]2C(=O)N[C@@H](Cc2c[nH]c3ccccc23)C(=O)N[C@@H](CCC(=O)O)C(=O)N[C@@H](Cc2c[nH]c3ccccc23)C(=O)N1C. The molecule has 8 rings (SSSR count). The van der Waals surface area contributed by atoms with E-state index in [9.17, 15) is 68.1 Å². The monoisotopic (exact) mass is 1900 g/mol. The number of guanidine groups is 1. The van der Waals surface area contributed by atoms with Crippen molar-refractivity contribution >= 4 is 146 Å². The number of aliphatic carboxylic acids is 1. The molecule has 0 spiro atoms. The number of hydrogen-bond acceptors (Lipinski definition) is 23. The number of phenols is 1. The zero-order valence-electron chi connectivity index (χ0n) is 77.1. The first-order valence-electron chi connectivity index (χ1n) is 45.2. The summed E-state index contributed by atoms with van der Waals surface area (Å²) >= 11 is 0.751. The number of thioether (sulfide) groups is 1. The highest BCUT2D eigenvalue weighted by Gasteiger charge is 2.47. The van der Waals surface area contributed by atoms with Crippen molar-refractivity contribution < 1.29 is 102 Å². The molecule has 45 heteroatoms. The summed E-state index contributed by atoms with van der Waals surface area (Å²) in [6.07, 6.45) is -0.468. The molecular formula is C90H129N23O21S. The van der Waals surface area contributed by atoms with Crippen molar-refractivity contribution in [2.24, 2.45) is 28.9 Å². The second-order valence-electron chi connectivity index (χ2n) is 34.7. The fourth-order valence-corrected chi connectivity index (χ4v) is 17.4. The molecule has 0 bridgehead atoms. The summed E-state index contributed by atoms with van der Waals surface area (Å²) in [5, 5.41) is 69.7. The number of aliphatic hydroxyl groups excluding tert-OH is 1. The summed E-state index contributed by atoms with van der Waals surface area (Å²) in [4.78, 5) is 274. The molecule has 5 aromatic rings. The van der Waals surface area contributed by atoms with Gasteiger partial charge in [0.05, 0.1) is 24.8 Å². The van der Waals surface area contributed by atoms with Crippen LogP contribution in [0.2, 0.25) is 0 Å². The maximum Gasteiger partial charge on any atom is 0.303 e. The van der Waals surface area contributed by atoms with Crippen LogP contribution in [0.25, 0.3) is 21.8 Å². The number of nitrogens with zero attached hydrogens (tertiary/aromatic N) is 5. The van der Waals surface area contributed by atoms with E-state index in [1.54, 1.807) is 74.8 Å². The number of H-pyrrole nitrogens is 2. The van der Waals surface area contributed by atoms with Crippen molar-refractivity contribution in [1.29, 1.82) is 5.41 Å². The van der Waals surface area contributed by atoms with Gasteiger partial charge in [-0.05, 0) is 105 Å². The van der Waals surface area contributed by atoms with Crippen molar-refractivity contribution in [2.45, 2.75) is 241 Å². The van der Waals surface area contributed by atoms with Crippen molar-refractivity contribution in [2.75, 3.05) is 65.4 Å². The number of carboxylic acids is 1. The highest BCUT2D eigenvalue weighted by Crippen LogP contribution is 2.28. The van der Waals surface area contributed by atoms with Crippen molar-refractivity contribution in [3.05, 3.63) is 102 Å². The summed E-state index contributed by atoms with van der Waals surface area (Å²) in [5.41, 5.74) is 25.5. The Morgan fingerprint density at radius 1 is 0.541 bits per heavy atom. The Morgan fingerprint density at radius 2 is 1.06 bits per heavy atom. The Bertz CT molecular complexity index is 5090. The molecule has 135 heavy (non-hydrogen) atoms. The number of hydrogen-bond donors (Lipinski definition) is 21. The predicted octanol–water partition coefficient (Wildman–Crippen LogP) is -3.06. The number of unbranched alkanes of at least 4 members (excludes halogenated alkanes) is 2. The number of carbonyl (C=O) groups is 18. The van der Waals surface area contributed by atoms with Gasteiger partial charge in [0.25, 0.3) is 0 Å². The predicted molar refractivity (Wildman–Crippen MR) is 496 cm³/mol. The summed E-state index contributed by atoms with van der Waals surface area (Å²) in [6.45, 7) is 6.37. The minimum absolute atomic E-state index is 0.0211. The van der Waals surface area contributed by atoms with Crippen molar-refractivity contribution in [3.8, 4) is 5.75 Å². The Hall–Kier alpha value is -13.5. The molecule has 2 aromatic heterocycles. The molecule has 3 fully saturated rings. The number of carbonyl (C=O) groups excluding carboxylic acids is 17. The van der Waals surface area contributed by atoms with Crippen LogP contribution < -0.4 is 81.4 Å². The number of carboxylic acid groups (broad SMARTS) is 1. The van der Waals surface area contributed by atoms with E-state index in [0.29, 0.717) is 64.2 Å². The van der Waals surface area contributed by atoms with E-state index in [1.165, 1.54) is 52.3 Å². The van der Waals surface area contributed by atoms with Gasteiger partial charge in [0.1, 0.15) is 90.3 Å². The Morgan fingerprint density at radius 3 is 1.66 bits per heavy atom. The van der Waals surface area contributed by atoms with Crippen LogP contribution in [0.3, 0.4) is 0 Å². The molecular weight excluding hydrogens is 1770 g/mol. The number of rotatable bonds is 27. The molecule has 44 nitrogen and oxygen atoms in total. The lowest BCUT2D eigenvalue weighted by atomic mass is 9.99. The topological polar surface area (TPSA) is 676 Å². The van der Waals surface area contributed by atoms with Crippen LogP contribution in [-0.2, 0) is 106 Å². The van der Waals surface area contributed by atoms with E-state index < -0.39 is 260 Å². The fourth-order valence-electron chi connectivity index (χ4n) is 16.5. The number of phenolic OH excluding ortho intramolecular Hbond substituents is 1. The van der Waals surface area contributed by atoms with Crippen LogP contribution in [0, 0.1) is 11.3 Å². The number of amides is 17. The number of aromatic amines is 2. The number of benzene rings is 3. The lowest BCUT2D eigenvalue weighted by molar-refractivity contribution is -0.149. The van der Waals surface area contributed by atoms with Gasteiger partial charge in [-0.15, -0.1) is 11.8 Å². The Balaban J connectivity index is 1.21. The molecule has 0 aliphatic carbocycles. The van der Waals surface area contributed by atoms with E-state index >= 15 is 33.6 Å². The van der Waals surface area contributed by atoms with Gasteiger partial charge in [0.15, 0.2) is 5.96 Å². The molecule has 5 heterocycles. The first kappa shape index (κ1) is 107. The molecule has 736 valence electrons. The molecule has 15 atom stereocenters. The third kappa shape index (κ3) is 30.5. The maximum absolute atomic E-state index is 15.9. The van der Waals surface area contributed by atoms with Crippen LogP contribution in [0.4, 0.5) is 0 Å². The summed E-state index contributed by atoms with van der Waals surface area (Å²) < 4.78 is 0. The number of nitrogens with two attached hydrogens (primary N) is 4.